The summed E-state index contributed by atoms with van der Waals surface area (Å²) in [6, 6.07) is 7.00. The molecule has 4 heterocycles. The molecule has 3 aromatic rings. The fourth-order valence-corrected chi connectivity index (χ4v) is 5.00. The van der Waals surface area contributed by atoms with Crippen LogP contribution < -0.4 is 16.0 Å². The van der Waals surface area contributed by atoms with Crippen LogP contribution in [0.5, 0.6) is 0 Å². The van der Waals surface area contributed by atoms with Gasteiger partial charge in [-0.1, -0.05) is 0 Å². The number of anilines is 2. The monoisotopic (exact) mass is 521 g/mol. The summed E-state index contributed by atoms with van der Waals surface area (Å²) in [5.74, 6) is 0.920. The van der Waals surface area contributed by atoms with E-state index in [-0.39, 0.29) is 24.8 Å². The van der Waals surface area contributed by atoms with E-state index in [4.69, 9.17) is 20.4 Å². The van der Waals surface area contributed by atoms with Gasteiger partial charge in [0, 0.05) is 44.0 Å². The van der Waals surface area contributed by atoms with E-state index in [0.717, 1.165) is 48.3 Å². The molecule has 0 radical (unpaired) electrons. The number of amides is 3. The Hall–Kier alpha value is -3.77. The molecule has 2 bridgehead atoms. The zero-order valence-corrected chi connectivity index (χ0v) is 22.1. The van der Waals surface area contributed by atoms with Crippen molar-refractivity contribution in [2.75, 3.05) is 57.0 Å². The van der Waals surface area contributed by atoms with E-state index < -0.39 is 5.91 Å². The Labute approximate surface area is 221 Å². The van der Waals surface area contributed by atoms with Gasteiger partial charge in [-0.05, 0) is 58.1 Å². The highest BCUT2D eigenvalue weighted by atomic mass is 16.5. The molecular weight excluding hydrogens is 486 g/mol. The number of aromatic nitrogens is 4. The molecule has 12 heteroatoms. The molecule has 3 N–H and O–H groups in total. The standard InChI is InChI=1S/C26H35N9O3/c1-4-35-25-21(13-28-35)24(34-14-19-9-10-20(15-34)38-19)30-23(31-25)17-5-7-18(8-6-17)29-26(37)33(16-22(27)36)12-11-32(2)3/h5-8,13,19-20H,4,9-12,14-16H2,1-3H3,(H2,27,36)(H,29,37). The quantitative estimate of drug-likeness (QED) is 0.435. The number of hydrogen-bond acceptors (Lipinski definition) is 8. The molecule has 0 aliphatic carbocycles. The number of likely N-dealkylation sites (N-methyl/N-ethyl adjacent to an activating group) is 1. The zero-order valence-electron chi connectivity index (χ0n) is 22.1. The molecule has 2 aliphatic rings. The number of morpholine rings is 1. The Morgan fingerprint density at radius 3 is 2.45 bits per heavy atom. The molecular formula is C26H35N9O3. The Kier molecular flexibility index (Phi) is 7.43. The largest absolute Gasteiger partial charge is 0.371 e. The number of fused-ring (bicyclic) bond motifs is 3. The van der Waals surface area contributed by atoms with Crippen molar-refractivity contribution < 1.29 is 14.3 Å². The normalized spacial score (nSPS) is 18.8. The van der Waals surface area contributed by atoms with Crippen LogP contribution in [-0.2, 0) is 16.1 Å². The summed E-state index contributed by atoms with van der Waals surface area (Å²) in [5.41, 5.74) is 7.57. The van der Waals surface area contributed by atoms with Gasteiger partial charge in [0.2, 0.25) is 5.91 Å². The van der Waals surface area contributed by atoms with Crippen molar-refractivity contribution in [3.05, 3.63) is 30.5 Å². The second-order valence-electron chi connectivity index (χ2n) is 10.1. The van der Waals surface area contributed by atoms with E-state index in [1.54, 1.807) is 12.1 Å². The minimum atomic E-state index is -0.558. The van der Waals surface area contributed by atoms with E-state index in [2.05, 4.69) is 15.3 Å². The van der Waals surface area contributed by atoms with E-state index in [0.29, 0.717) is 31.1 Å². The molecule has 1 aromatic carbocycles. The van der Waals surface area contributed by atoms with Crippen LogP contribution in [0.25, 0.3) is 22.4 Å². The Bertz CT molecular complexity index is 1300. The predicted molar refractivity (Wildman–Crippen MR) is 145 cm³/mol. The van der Waals surface area contributed by atoms with Crippen molar-refractivity contribution in [1.29, 1.82) is 0 Å². The van der Waals surface area contributed by atoms with Crippen molar-refractivity contribution in [1.82, 2.24) is 29.5 Å². The number of ether oxygens (including phenoxy) is 1. The van der Waals surface area contributed by atoms with Crippen LogP contribution in [0.3, 0.4) is 0 Å². The maximum absolute atomic E-state index is 12.8. The highest BCUT2D eigenvalue weighted by Crippen LogP contribution is 2.33. The van der Waals surface area contributed by atoms with Crippen LogP contribution in [0.4, 0.5) is 16.3 Å². The molecule has 3 amide bonds. The van der Waals surface area contributed by atoms with Gasteiger partial charge in [-0.25, -0.2) is 19.4 Å². The first-order valence-electron chi connectivity index (χ1n) is 13.0. The number of rotatable bonds is 9. The molecule has 38 heavy (non-hydrogen) atoms. The fourth-order valence-electron chi connectivity index (χ4n) is 5.00. The average molecular weight is 522 g/mol. The summed E-state index contributed by atoms with van der Waals surface area (Å²) in [6.45, 7) is 5.20. The van der Waals surface area contributed by atoms with Crippen molar-refractivity contribution in [3.8, 4) is 11.4 Å². The van der Waals surface area contributed by atoms with Gasteiger partial charge in [0.05, 0.1) is 23.8 Å². The topological polar surface area (TPSA) is 135 Å². The van der Waals surface area contributed by atoms with Gasteiger partial charge in [0.25, 0.3) is 0 Å². The van der Waals surface area contributed by atoms with E-state index in [9.17, 15) is 9.59 Å². The second-order valence-corrected chi connectivity index (χ2v) is 10.1. The molecule has 2 aliphatic heterocycles. The van der Waals surface area contributed by atoms with Crippen molar-refractivity contribution in [2.45, 2.75) is 38.5 Å². The molecule has 0 saturated carbocycles. The summed E-state index contributed by atoms with van der Waals surface area (Å²) in [7, 11) is 3.81. The molecule has 2 aromatic heterocycles. The first kappa shape index (κ1) is 25.9. The molecule has 2 unspecified atom stereocenters. The van der Waals surface area contributed by atoms with Gasteiger partial charge in [0.1, 0.15) is 12.4 Å². The number of nitrogens with one attached hydrogen (secondary N) is 1. The minimum Gasteiger partial charge on any atom is -0.371 e. The number of urea groups is 1. The van der Waals surface area contributed by atoms with Gasteiger partial charge >= 0.3 is 6.03 Å². The molecule has 12 nitrogen and oxygen atoms in total. The predicted octanol–water partition coefficient (Wildman–Crippen LogP) is 1.76. The maximum atomic E-state index is 12.8. The summed E-state index contributed by atoms with van der Waals surface area (Å²) >= 11 is 0. The lowest BCUT2D eigenvalue weighted by Gasteiger charge is -2.33. The molecule has 0 spiro atoms. The lowest BCUT2D eigenvalue weighted by molar-refractivity contribution is -0.118. The molecule has 202 valence electrons. The van der Waals surface area contributed by atoms with Crippen LogP contribution in [0.1, 0.15) is 19.8 Å². The number of carbonyl (C=O) groups excluding carboxylic acids is 2. The van der Waals surface area contributed by atoms with E-state index in [1.165, 1.54) is 4.90 Å². The number of primary amides is 1. The fraction of sp³-hybridized carbons (Fsp3) is 0.500. The third-order valence-corrected chi connectivity index (χ3v) is 6.96. The first-order chi connectivity index (χ1) is 18.3. The highest BCUT2D eigenvalue weighted by Gasteiger charge is 2.35. The van der Waals surface area contributed by atoms with Gasteiger partial charge in [0.15, 0.2) is 11.5 Å². The summed E-state index contributed by atoms with van der Waals surface area (Å²) in [4.78, 5) is 39.8. The molecule has 5 rings (SSSR count). The third-order valence-electron chi connectivity index (χ3n) is 6.96. The number of nitrogens with two attached hydrogens (primary N) is 1. The Morgan fingerprint density at radius 2 is 1.82 bits per heavy atom. The maximum Gasteiger partial charge on any atom is 0.322 e. The van der Waals surface area contributed by atoms with Gasteiger partial charge < -0.3 is 30.5 Å². The number of carbonyl (C=O) groups is 2. The third kappa shape index (κ3) is 5.55. The second kappa shape index (κ2) is 10.9. The average Bonchev–Trinajstić information content (AvgIpc) is 3.47. The lowest BCUT2D eigenvalue weighted by atomic mass is 10.2. The van der Waals surface area contributed by atoms with E-state index in [1.807, 2.05) is 48.9 Å². The summed E-state index contributed by atoms with van der Waals surface area (Å²) < 4.78 is 7.92. The number of benzene rings is 1. The Morgan fingerprint density at radius 1 is 1.11 bits per heavy atom. The van der Waals surface area contributed by atoms with Crippen molar-refractivity contribution in [3.63, 3.8) is 0 Å². The zero-order chi connectivity index (χ0) is 26.8. The minimum absolute atomic E-state index is 0.150. The smallest absolute Gasteiger partial charge is 0.322 e. The lowest BCUT2D eigenvalue weighted by Crippen LogP contribution is -2.44. The molecule has 2 saturated heterocycles. The van der Waals surface area contributed by atoms with Crippen LogP contribution in [0.15, 0.2) is 30.5 Å². The molecule has 2 atom stereocenters. The van der Waals surface area contributed by atoms with Gasteiger partial charge in [-0.3, -0.25) is 4.79 Å². The van der Waals surface area contributed by atoms with Crippen LogP contribution >= 0.6 is 0 Å². The summed E-state index contributed by atoms with van der Waals surface area (Å²) in [5, 5.41) is 8.33. The molecule has 2 fully saturated rings. The van der Waals surface area contributed by atoms with E-state index >= 15 is 0 Å². The number of hydrogen-bond donors (Lipinski definition) is 2. The number of aryl methyl sites for hydroxylation is 1. The number of nitrogens with zero attached hydrogens (tertiary/aromatic N) is 7. The van der Waals surface area contributed by atoms with Crippen LogP contribution in [-0.4, -0.2) is 101 Å². The first-order valence-corrected chi connectivity index (χ1v) is 13.0. The van der Waals surface area contributed by atoms with Gasteiger partial charge in [-0.2, -0.15) is 5.10 Å². The highest BCUT2D eigenvalue weighted by molar-refractivity contribution is 5.92. The Balaban J connectivity index is 1.39. The summed E-state index contributed by atoms with van der Waals surface area (Å²) in [6.07, 6.45) is 4.48. The SMILES string of the molecule is CCn1ncc2c(N3CC4CCC(C3)O4)nc(-c3ccc(NC(=O)N(CCN(C)C)CC(N)=O)cc3)nc21. The van der Waals surface area contributed by atoms with Crippen molar-refractivity contribution >= 4 is 34.5 Å². The van der Waals surface area contributed by atoms with Crippen molar-refractivity contribution in [2.24, 2.45) is 5.73 Å². The van der Waals surface area contributed by atoms with Crippen LogP contribution in [0, 0.1) is 0 Å². The van der Waals surface area contributed by atoms with Gasteiger partial charge in [-0.15, -0.1) is 0 Å². The van der Waals surface area contributed by atoms with Crippen LogP contribution in [0.2, 0.25) is 0 Å².